The molecule has 1 unspecified atom stereocenters. The molecular formula is C10H15ClN4O. The fourth-order valence-electron chi connectivity index (χ4n) is 1.65. The van der Waals surface area contributed by atoms with E-state index in [4.69, 9.17) is 0 Å². The van der Waals surface area contributed by atoms with Crippen molar-refractivity contribution >= 4 is 18.3 Å². The summed E-state index contributed by atoms with van der Waals surface area (Å²) in [6.45, 7) is 3.62. The first-order valence-electron chi connectivity index (χ1n) is 5.05. The highest BCUT2D eigenvalue weighted by Gasteiger charge is 2.18. The number of aromatic nitrogens is 2. The van der Waals surface area contributed by atoms with Crippen LogP contribution < -0.4 is 10.6 Å². The van der Waals surface area contributed by atoms with Gasteiger partial charge in [-0.05, 0) is 19.9 Å². The molecule has 2 heterocycles. The summed E-state index contributed by atoms with van der Waals surface area (Å²) in [6, 6.07) is 0.233. The summed E-state index contributed by atoms with van der Waals surface area (Å²) < 4.78 is 0. The van der Waals surface area contributed by atoms with Gasteiger partial charge in [0.15, 0.2) is 0 Å². The molecule has 1 aliphatic rings. The van der Waals surface area contributed by atoms with Crippen molar-refractivity contribution in [3.8, 4) is 0 Å². The third kappa shape index (κ3) is 2.90. The van der Waals surface area contributed by atoms with E-state index in [-0.39, 0.29) is 24.4 Å². The van der Waals surface area contributed by atoms with Gasteiger partial charge in [0, 0.05) is 18.8 Å². The van der Waals surface area contributed by atoms with Crippen LogP contribution in [0, 0.1) is 6.92 Å². The fourth-order valence-corrected chi connectivity index (χ4v) is 1.65. The largest absolute Gasteiger partial charge is 0.348 e. The minimum Gasteiger partial charge on any atom is -0.348 e. The van der Waals surface area contributed by atoms with Crippen LogP contribution in [0.25, 0.3) is 0 Å². The van der Waals surface area contributed by atoms with Crippen molar-refractivity contribution in [3.05, 3.63) is 23.8 Å². The zero-order chi connectivity index (χ0) is 10.7. The Morgan fingerprint density at radius 3 is 3.06 bits per heavy atom. The van der Waals surface area contributed by atoms with Gasteiger partial charge in [-0.2, -0.15) is 0 Å². The van der Waals surface area contributed by atoms with Crippen molar-refractivity contribution in [2.45, 2.75) is 19.4 Å². The lowest BCUT2D eigenvalue weighted by Crippen LogP contribution is -2.36. The highest BCUT2D eigenvalue weighted by molar-refractivity contribution is 5.95. The van der Waals surface area contributed by atoms with Crippen LogP contribution in [0.1, 0.15) is 22.5 Å². The number of halogens is 1. The Morgan fingerprint density at radius 2 is 2.44 bits per heavy atom. The number of nitrogens with one attached hydrogen (secondary N) is 2. The molecule has 2 N–H and O–H groups in total. The van der Waals surface area contributed by atoms with Crippen LogP contribution in [0.2, 0.25) is 0 Å². The van der Waals surface area contributed by atoms with Crippen LogP contribution >= 0.6 is 12.4 Å². The molecule has 0 aliphatic carbocycles. The highest BCUT2D eigenvalue weighted by atomic mass is 35.5. The predicted octanol–water partition coefficient (Wildman–Crippen LogP) is 0.299. The summed E-state index contributed by atoms with van der Waals surface area (Å²) in [7, 11) is 0. The van der Waals surface area contributed by atoms with E-state index in [9.17, 15) is 4.79 Å². The molecule has 1 saturated heterocycles. The number of carbonyl (C=O) groups excluding carboxylic acids is 1. The van der Waals surface area contributed by atoms with Crippen LogP contribution in [0.5, 0.6) is 0 Å². The zero-order valence-corrected chi connectivity index (χ0v) is 9.88. The van der Waals surface area contributed by atoms with E-state index in [0.29, 0.717) is 11.3 Å². The van der Waals surface area contributed by atoms with E-state index in [0.717, 1.165) is 19.5 Å². The number of carbonyl (C=O) groups is 1. The Kier molecular flexibility index (Phi) is 4.64. The molecular weight excluding hydrogens is 228 g/mol. The minimum absolute atomic E-state index is 0. The van der Waals surface area contributed by atoms with Crippen molar-refractivity contribution in [2.75, 3.05) is 13.1 Å². The first-order valence-corrected chi connectivity index (χ1v) is 5.05. The van der Waals surface area contributed by atoms with Gasteiger partial charge in [-0.15, -0.1) is 12.4 Å². The third-order valence-electron chi connectivity index (χ3n) is 2.55. The van der Waals surface area contributed by atoms with Crippen LogP contribution in [0.15, 0.2) is 12.5 Å². The number of hydrogen-bond acceptors (Lipinski definition) is 4. The predicted molar refractivity (Wildman–Crippen MR) is 62.8 cm³/mol. The average molecular weight is 243 g/mol. The van der Waals surface area contributed by atoms with E-state index < -0.39 is 0 Å². The molecule has 0 spiro atoms. The van der Waals surface area contributed by atoms with E-state index in [2.05, 4.69) is 20.6 Å². The van der Waals surface area contributed by atoms with E-state index >= 15 is 0 Å². The number of rotatable bonds is 2. The molecule has 0 radical (unpaired) electrons. The Hall–Kier alpha value is -1.20. The smallest absolute Gasteiger partial charge is 0.254 e. The summed E-state index contributed by atoms with van der Waals surface area (Å²) in [5.74, 6) is -0.0817. The molecule has 16 heavy (non-hydrogen) atoms. The molecule has 0 saturated carbocycles. The quantitative estimate of drug-likeness (QED) is 0.783. The second-order valence-electron chi connectivity index (χ2n) is 3.69. The van der Waals surface area contributed by atoms with Gasteiger partial charge < -0.3 is 10.6 Å². The molecule has 6 heteroatoms. The first kappa shape index (κ1) is 12.9. The Bertz CT molecular complexity index is 366. The number of amides is 1. The summed E-state index contributed by atoms with van der Waals surface area (Å²) in [4.78, 5) is 19.6. The Balaban J connectivity index is 0.00000128. The lowest BCUT2D eigenvalue weighted by Gasteiger charge is -2.11. The SMILES string of the molecule is Cc1ncncc1C(=O)NC1CCNC1.Cl. The number of nitrogens with zero attached hydrogens (tertiary/aromatic N) is 2. The van der Waals surface area contributed by atoms with Crippen molar-refractivity contribution in [1.82, 2.24) is 20.6 Å². The summed E-state index contributed by atoms with van der Waals surface area (Å²) in [5.41, 5.74) is 1.28. The summed E-state index contributed by atoms with van der Waals surface area (Å²) in [5, 5.41) is 6.15. The first-order chi connectivity index (χ1) is 7.27. The zero-order valence-electron chi connectivity index (χ0n) is 9.06. The molecule has 1 aromatic rings. The van der Waals surface area contributed by atoms with Gasteiger partial charge in [0.05, 0.1) is 11.3 Å². The van der Waals surface area contributed by atoms with Gasteiger partial charge in [0.2, 0.25) is 0 Å². The molecule has 5 nitrogen and oxygen atoms in total. The molecule has 1 fully saturated rings. The molecule has 88 valence electrons. The summed E-state index contributed by atoms with van der Waals surface area (Å²) >= 11 is 0. The van der Waals surface area contributed by atoms with Gasteiger partial charge in [0.1, 0.15) is 6.33 Å². The van der Waals surface area contributed by atoms with Gasteiger partial charge in [-0.25, -0.2) is 9.97 Å². The van der Waals surface area contributed by atoms with E-state index in [1.807, 2.05) is 6.92 Å². The summed E-state index contributed by atoms with van der Waals surface area (Å²) in [6.07, 6.45) is 3.99. The normalized spacial score (nSPS) is 18.9. The van der Waals surface area contributed by atoms with Gasteiger partial charge in [-0.3, -0.25) is 4.79 Å². The maximum absolute atomic E-state index is 11.8. The molecule has 1 aromatic heterocycles. The maximum Gasteiger partial charge on any atom is 0.254 e. The number of aryl methyl sites for hydroxylation is 1. The average Bonchev–Trinajstić information content (AvgIpc) is 2.71. The molecule has 1 aliphatic heterocycles. The van der Waals surface area contributed by atoms with Crippen molar-refractivity contribution in [2.24, 2.45) is 0 Å². The molecule has 1 atom stereocenters. The minimum atomic E-state index is -0.0817. The fraction of sp³-hybridized carbons (Fsp3) is 0.500. The van der Waals surface area contributed by atoms with Crippen LogP contribution in [-0.4, -0.2) is 35.0 Å². The van der Waals surface area contributed by atoms with Gasteiger partial charge >= 0.3 is 0 Å². The van der Waals surface area contributed by atoms with E-state index in [1.165, 1.54) is 6.33 Å². The molecule has 0 bridgehead atoms. The molecule has 0 aromatic carbocycles. The second kappa shape index (κ2) is 5.77. The van der Waals surface area contributed by atoms with Crippen molar-refractivity contribution in [3.63, 3.8) is 0 Å². The monoisotopic (exact) mass is 242 g/mol. The molecule has 1 amide bonds. The lowest BCUT2D eigenvalue weighted by molar-refractivity contribution is 0.0938. The standard InChI is InChI=1S/C10H14N4O.ClH/c1-7-9(5-12-6-13-7)10(15)14-8-2-3-11-4-8;/h5-6,8,11H,2-4H2,1H3,(H,14,15);1H. The third-order valence-corrected chi connectivity index (χ3v) is 2.55. The lowest BCUT2D eigenvalue weighted by atomic mass is 10.2. The Labute approximate surface area is 100 Å². The topological polar surface area (TPSA) is 66.9 Å². The van der Waals surface area contributed by atoms with Crippen molar-refractivity contribution < 1.29 is 4.79 Å². The molecule has 2 rings (SSSR count). The van der Waals surface area contributed by atoms with Crippen LogP contribution in [0.4, 0.5) is 0 Å². The van der Waals surface area contributed by atoms with Crippen LogP contribution in [-0.2, 0) is 0 Å². The van der Waals surface area contributed by atoms with Gasteiger partial charge in [0.25, 0.3) is 5.91 Å². The number of hydrogen-bond donors (Lipinski definition) is 2. The van der Waals surface area contributed by atoms with E-state index in [1.54, 1.807) is 6.20 Å². The highest BCUT2D eigenvalue weighted by Crippen LogP contribution is 2.04. The van der Waals surface area contributed by atoms with Gasteiger partial charge in [-0.1, -0.05) is 0 Å². The van der Waals surface area contributed by atoms with Crippen molar-refractivity contribution in [1.29, 1.82) is 0 Å². The Morgan fingerprint density at radius 1 is 1.62 bits per heavy atom. The van der Waals surface area contributed by atoms with Crippen LogP contribution in [0.3, 0.4) is 0 Å². The maximum atomic E-state index is 11.8. The second-order valence-corrected chi connectivity index (χ2v) is 3.69.